The van der Waals surface area contributed by atoms with Crippen molar-refractivity contribution in [2.75, 3.05) is 42.6 Å². The van der Waals surface area contributed by atoms with Gasteiger partial charge in [0.25, 0.3) is 0 Å². The molecule has 1 aromatic heterocycles. The number of benzene rings is 1. The molecule has 0 saturated heterocycles. The van der Waals surface area contributed by atoms with Gasteiger partial charge in [0.05, 0.1) is 33.0 Å². The average molecular weight is 533 g/mol. The van der Waals surface area contributed by atoms with Gasteiger partial charge < -0.3 is 20.1 Å². The highest BCUT2D eigenvalue weighted by Gasteiger charge is 2.35. The Bertz CT molecular complexity index is 1180. The van der Waals surface area contributed by atoms with Crippen molar-refractivity contribution in [3.63, 3.8) is 0 Å². The maximum atomic E-state index is 13.6. The predicted octanol–water partition coefficient (Wildman–Crippen LogP) is 4.09. The lowest BCUT2D eigenvalue weighted by Crippen LogP contribution is -2.49. The lowest BCUT2D eigenvalue weighted by Gasteiger charge is -2.37. The molecule has 4 rings (SSSR count). The van der Waals surface area contributed by atoms with E-state index >= 15 is 0 Å². The topological polar surface area (TPSA) is 109 Å². The number of methoxy groups -OCH3 is 2. The highest BCUT2D eigenvalue weighted by atomic mass is 35.5. The van der Waals surface area contributed by atoms with Crippen molar-refractivity contribution < 1.29 is 23.5 Å². The molecule has 10 nitrogen and oxygen atoms in total. The van der Waals surface area contributed by atoms with Gasteiger partial charge in [-0.3, -0.25) is 14.6 Å². The Kier molecular flexibility index (Phi) is 8.32. The number of urea groups is 1. The summed E-state index contributed by atoms with van der Waals surface area (Å²) in [6, 6.07) is 2.55. The Labute approximate surface area is 219 Å². The third-order valence-electron chi connectivity index (χ3n) is 6.53. The number of alkyl halides is 1. The lowest BCUT2D eigenvalue weighted by atomic mass is 9.90. The number of nitrogens with one attached hydrogen (secondary N) is 2. The summed E-state index contributed by atoms with van der Waals surface area (Å²) in [6.45, 7) is 2.68. The van der Waals surface area contributed by atoms with Crippen LogP contribution in [0.4, 0.5) is 26.6 Å². The van der Waals surface area contributed by atoms with Gasteiger partial charge in [0.1, 0.15) is 29.0 Å². The first-order chi connectivity index (χ1) is 17.9. The lowest BCUT2D eigenvalue weighted by molar-refractivity contribution is -0.117. The van der Waals surface area contributed by atoms with Crippen molar-refractivity contribution in [1.29, 1.82) is 0 Å². The average Bonchev–Trinajstić information content (AvgIpc) is 2.91. The molecule has 1 aliphatic heterocycles. The highest BCUT2D eigenvalue weighted by Crippen LogP contribution is 2.41. The number of hydrogen-bond acceptors (Lipinski definition) is 7. The van der Waals surface area contributed by atoms with Gasteiger partial charge in [0.15, 0.2) is 0 Å². The number of carbonyl (C=O) groups excluding carboxylic acids is 2. The van der Waals surface area contributed by atoms with Crippen LogP contribution in [0.25, 0.3) is 0 Å². The van der Waals surface area contributed by atoms with Crippen LogP contribution in [0.15, 0.2) is 31.0 Å². The predicted molar refractivity (Wildman–Crippen MR) is 139 cm³/mol. The van der Waals surface area contributed by atoms with Crippen LogP contribution < -0.4 is 29.9 Å². The number of ether oxygens (including phenoxy) is 2. The Morgan fingerprint density at radius 1 is 1.27 bits per heavy atom. The number of halogens is 2. The molecule has 0 bridgehead atoms. The van der Waals surface area contributed by atoms with Gasteiger partial charge in [-0.2, -0.15) is 4.98 Å². The van der Waals surface area contributed by atoms with E-state index in [-0.39, 0.29) is 36.1 Å². The first-order valence-corrected chi connectivity index (χ1v) is 12.4. The summed E-state index contributed by atoms with van der Waals surface area (Å²) in [4.78, 5) is 37.2. The largest absolute Gasteiger partial charge is 0.497 e. The standard InChI is InChI=1S/C25H30ClFN6O4/c1-4-21(34)29-17-7-5-6-8-18(17)30-24-28-13-15-14-33(25(35)32(10-9-27)23(15)31-24)19-11-16(36-2)12-20(37-3)22(19)26/h4,11-13,17-18H,1,5-10,14H2,2-3H3,(H,29,34)(H,28,30,31). The second-order valence-corrected chi connectivity index (χ2v) is 9.15. The molecule has 2 atom stereocenters. The van der Waals surface area contributed by atoms with Gasteiger partial charge in [0, 0.05) is 36.0 Å². The van der Waals surface area contributed by atoms with E-state index in [9.17, 15) is 14.0 Å². The summed E-state index contributed by atoms with van der Waals surface area (Å²) >= 11 is 6.54. The van der Waals surface area contributed by atoms with E-state index in [1.807, 2.05) is 0 Å². The van der Waals surface area contributed by atoms with Gasteiger partial charge >= 0.3 is 6.03 Å². The van der Waals surface area contributed by atoms with Gasteiger partial charge in [0.2, 0.25) is 11.9 Å². The van der Waals surface area contributed by atoms with Crippen LogP contribution in [0.3, 0.4) is 0 Å². The minimum atomic E-state index is -0.765. The van der Waals surface area contributed by atoms with Crippen molar-refractivity contribution in [3.05, 3.63) is 41.6 Å². The van der Waals surface area contributed by atoms with Crippen molar-refractivity contribution in [2.45, 2.75) is 44.3 Å². The monoisotopic (exact) mass is 532 g/mol. The molecule has 2 heterocycles. The van der Waals surface area contributed by atoms with E-state index in [2.05, 4.69) is 27.2 Å². The van der Waals surface area contributed by atoms with Crippen molar-refractivity contribution in [1.82, 2.24) is 15.3 Å². The van der Waals surface area contributed by atoms with E-state index in [1.54, 1.807) is 18.3 Å². The summed E-state index contributed by atoms with van der Waals surface area (Å²) in [5, 5.41) is 6.48. The van der Waals surface area contributed by atoms with E-state index in [1.165, 1.54) is 30.1 Å². The summed E-state index contributed by atoms with van der Waals surface area (Å²) in [7, 11) is 2.96. The molecule has 1 aliphatic carbocycles. The summed E-state index contributed by atoms with van der Waals surface area (Å²) < 4.78 is 24.3. The smallest absolute Gasteiger partial charge is 0.330 e. The number of nitrogens with zero attached hydrogens (tertiary/aromatic N) is 4. The van der Waals surface area contributed by atoms with Gasteiger partial charge in [-0.25, -0.2) is 14.2 Å². The van der Waals surface area contributed by atoms with E-state index in [4.69, 9.17) is 21.1 Å². The van der Waals surface area contributed by atoms with Gasteiger partial charge in [-0.05, 0) is 18.9 Å². The Morgan fingerprint density at radius 3 is 2.70 bits per heavy atom. The zero-order valence-electron chi connectivity index (χ0n) is 20.8. The van der Waals surface area contributed by atoms with Gasteiger partial charge in [-0.1, -0.05) is 31.0 Å². The molecule has 2 N–H and O–H groups in total. The van der Waals surface area contributed by atoms with Crippen LogP contribution in [0.1, 0.15) is 31.2 Å². The molecule has 1 aromatic carbocycles. The highest BCUT2D eigenvalue weighted by molar-refractivity contribution is 6.35. The molecular weight excluding hydrogens is 503 g/mol. The molecule has 12 heteroatoms. The van der Waals surface area contributed by atoms with Crippen LogP contribution in [0.5, 0.6) is 11.5 Å². The molecule has 2 unspecified atom stereocenters. The molecule has 1 saturated carbocycles. The zero-order chi connectivity index (χ0) is 26.5. The fraction of sp³-hybridized carbons (Fsp3) is 0.440. The molecule has 198 valence electrons. The van der Waals surface area contributed by atoms with Crippen LogP contribution in [-0.2, 0) is 11.3 Å². The quantitative estimate of drug-likeness (QED) is 0.468. The van der Waals surface area contributed by atoms with Crippen LogP contribution in [0.2, 0.25) is 5.02 Å². The van der Waals surface area contributed by atoms with E-state index in [0.29, 0.717) is 34.5 Å². The Morgan fingerprint density at radius 2 is 2.03 bits per heavy atom. The third kappa shape index (κ3) is 5.56. The fourth-order valence-electron chi connectivity index (χ4n) is 4.67. The van der Waals surface area contributed by atoms with E-state index in [0.717, 1.165) is 25.7 Å². The summed E-state index contributed by atoms with van der Waals surface area (Å²) in [6.07, 6.45) is 6.49. The Balaban J connectivity index is 1.65. The molecule has 1 fully saturated rings. The minimum Gasteiger partial charge on any atom is -0.497 e. The molecule has 3 amide bonds. The molecule has 0 spiro atoms. The first-order valence-electron chi connectivity index (χ1n) is 12.0. The normalized spacial score (nSPS) is 19.2. The minimum absolute atomic E-state index is 0.0934. The maximum absolute atomic E-state index is 13.6. The second-order valence-electron chi connectivity index (χ2n) is 8.77. The number of fused-ring (bicyclic) bond motifs is 1. The van der Waals surface area contributed by atoms with Gasteiger partial charge in [-0.15, -0.1) is 0 Å². The maximum Gasteiger partial charge on any atom is 0.330 e. The van der Waals surface area contributed by atoms with Crippen molar-refractivity contribution in [2.24, 2.45) is 0 Å². The van der Waals surface area contributed by atoms with Crippen LogP contribution >= 0.6 is 11.6 Å². The number of carbonyl (C=O) groups is 2. The second kappa shape index (κ2) is 11.6. The van der Waals surface area contributed by atoms with E-state index < -0.39 is 12.7 Å². The Hall–Kier alpha value is -3.60. The number of anilines is 3. The van der Waals surface area contributed by atoms with Crippen LogP contribution in [-0.4, -0.2) is 61.4 Å². The number of hydrogen-bond donors (Lipinski definition) is 2. The first kappa shape index (κ1) is 26.5. The number of amides is 3. The molecule has 0 radical (unpaired) electrons. The zero-order valence-corrected chi connectivity index (χ0v) is 21.6. The molecule has 2 aromatic rings. The van der Waals surface area contributed by atoms with Crippen molar-refractivity contribution >= 4 is 41.0 Å². The van der Waals surface area contributed by atoms with Crippen LogP contribution in [0, 0.1) is 0 Å². The molecule has 2 aliphatic rings. The van der Waals surface area contributed by atoms with Crippen molar-refractivity contribution in [3.8, 4) is 11.5 Å². The number of aromatic nitrogens is 2. The fourth-order valence-corrected chi connectivity index (χ4v) is 4.95. The molecular formula is C25H30ClFN6O4. The summed E-state index contributed by atoms with van der Waals surface area (Å²) in [5.74, 6) is 1.18. The molecule has 37 heavy (non-hydrogen) atoms. The summed E-state index contributed by atoms with van der Waals surface area (Å²) in [5.41, 5.74) is 0.985. The SMILES string of the molecule is C=CC(=O)NC1CCCCC1Nc1ncc2c(n1)N(CCF)C(=O)N(c1cc(OC)cc(OC)c1Cl)C2. The number of rotatable bonds is 9. The third-order valence-corrected chi connectivity index (χ3v) is 6.91.